The minimum absolute atomic E-state index is 0.00993. The normalized spacial score (nSPS) is 17.9. The van der Waals surface area contributed by atoms with Gasteiger partial charge in [0.2, 0.25) is 23.3 Å². The zero-order valence-corrected chi connectivity index (χ0v) is 27.7. The number of aliphatic carboxylic acids is 2. The highest BCUT2D eigenvalue weighted by Crippen LogP contribution is 2.41. The summed E-state index contributed by atoms with van der Waals surface area (Å²) in [4.78, 5) is 70.7. The van der Waals surface area contributed by atoms with E-state index in [0.717, 1.165) is 16.4 Å². The molecule has 0 spiro atoms. The van der Waals surface area contributed by atoms with Crippen molar-refractivity contribution in [1.29, 1.82) is 0 Å². The summed E-state index contributed by atoms with van der Waals surface area (Å²) in [5.74, 6) is -4.09. The molecule has 2 aromatic heterocycles. The Labute approximate surface area is 279 Å². The van der Waals surface area contributed by atoms with Crippen LogP contribution in [0.15, 0.2) is 21.6 Å². The molecule has 0 aromatic carbocycles. The third-order valence-corrected chi connectivity index (χ3v) is 9.01. The molecule has 0 saturated carbocycles. The van der Waals surface area contributed by atoms with E-state index in [-0.39, 0.29) is 28.2 Å². The molecular weight excluding hydrogens is 683 g/mol. The summed E-state index contributed by atoms with van der Waals surface area (Å²) in [5, 5.41) is 39.0. The number of hydrogen-bond acceptors (Lipinski definition) is 17. The number of carboxylic acid groups (broad SMARTS) is 2. The van der Waals surface area contributed by atoms with Gasteiger partial charge in [-0.2, -0.15) is 9.36 Å². The third-order valence-electron chi connectivity index (χ3n) is 6.09. The van der Waals surface area contributed by atoms with Crippen LogP contribution in [0.5, 0.6) is 0 Å². The Bertz CT molecular complexity index is 1590. The molecular formula is C24H31N11O9S3. The quantitative estimate of drug-likeness (QED) is 0.0523. The van der Waals surface area contributed by atoms with E-state index in [1.165, 1.54) is 23.5 Å². The average molecular weight is 714 g/mol. The number of nitrogens with one attached hydrogen (secondary N) is 2. The van der Waals surface area contributed by atoms with Crippen molar-refractivity contribution in [1.82, 2.24) is 45.1 Å². The molecule has 3 amide bonds. The van der Waals surface area contributed by atoms with Gasteiger partial charge in [0.1, 0.15) is 22.7 Å². The van der Waals surface area contributed by atoms with E-state index >= 15 is 0 Å². The highest BCUT2D eigenvalue weighted by atomic mass is 32.2. The molecule has 6 N–H and O–H groups in total. The van der Waals surface area contributed by atoms with Crippen LogP contribution in [0.2, 0.25) is 0 Å². The second-order valence-corrected chi connectivity index (χ2v) is 13.6. The fourth-order valence-corrected chi connectivity index (χ4v) is 6.98. The van der Waals surface area contributed by atoms with Crippen LogP contribution in [0, 0.1) is 0 Å². The van der Waals surface area contributed by atoms with Gasteiger partial charge in [-0.15, -0.1) is 16.9 Å². The summed E-state index contributed by atoms with van der Waals surface area (Å²) in [7, 11) is 0. The number of amides is 3. The lowest BCUT2D eigenvalue weighted by Gasteiger charge is -2.49. The molecule has 20 nitrogen and oxygen atoms in total. The molecule has 2 aliphatic heterocycles. The number of fused-ring (bicyclic) bond motifs is 1. The van der Waals surface area contributed by atoms with Gasteiger partial charge < -0.3 is 36.2 Å². The Morgan fingerprint density at radius 2 is 1.98 bits per heavy atom. The van der Waals surface area contributed by atoms with Gasteiger partial charge >= 0.3 is 18.0 Å². The number of carboxylic acids is 2. The Morgan fingerprint density at radius 3 is 2.64 bits per heavy atom. The molecule has 1 unspecified atom stereocenters. The van der Waals surface area contributed by atoms with Crippen LogP contribution in [-0.4, -0.2) is 122 Å². The molecule has 0 aliphatic carbocycles. The number of rotatable bonds is 15. The van der Waals surface area contributed by atoms with E-state index in [1.54, 1.807) is 25.5 Å². The first-order chi connectivity index (χ1) is 22.2. The van der Waals surface area contributed by atoms with Gasteiger partial charge in [0.15, 0.2) is 5.13 Å². The number of nitrogen functional groups attached to an aromatic ring is 1. The van der Waals surface area contributed by atoms with Gasteiger partial charge in [0.25, 0.3) is 11.8 Å². The first kappa shape index (κ1) is 35.3. The predicted molar refractivity (Wildman–Crippen MR) is 166 cm³/mol. The van der Waals surface area contributed by atoms with E-state index < -0.39 is 59.2 Å². The zero-order chi connectivity index (χ0) is 34.3. The van der Waals surface area contributed by atoms with Crippen molar-refractivity contribution >= 4 is 75.7 Å². The number of ether oxygens (including phenoxy) is 1. The van der Waals surface area contributed by atoms with Crippen molar-refractivity contribution in [2.45, 2.75) is 62.3 Å². The van der Waals surface area contributed by atoms with Crippen molar-refractivity contribution in [2.75, 3.05) is 30.4 Å². The lowest BCUT2D eigenvalue weighted by Crippen LogP contribution is -2.71. The van der Waals surface area contributed by atoms with Crippen LogP contribution < -0.4 is 16.4 Å². The molecule has 2 aliphatic rings. The molecule has 23 heteroatoms. The first-order valence-electron chi connectivity index (χ1n) is 13.8. The van der Waals surface area contributed by atoms with Crippen LogP contribution in [-0.2, 0) is 35.3 Å². The number of β-lactam (4-membered cyclic amide) rings is 1. The number of tetrazole rings is 1. The second kappa shape index (κ2) is 15.4. The monoisotopic (exact) mass is 713 g/mol. The maximum atomic E-state index is 13.2. The standard InChI is InChI=1S/C24H31N11O9S3/c1-24(2,3)44-23(42)26-6-4-5-7-34-22(29-32-33-34)46-10-11-9-45-19-14(18(39)35(19)15(11)20(40)41)27-17(38)13(30-43-8-12(36)37)16-28-21(25)47-31-16/h14,19H,4-10H2,1-3H3,(H,26,42)(H,27,38)(H,36,37)(H,40,41)(H2,25,28,31)/b30-13-/t14?,19-/m1/s1. The molecule has 2 atom stereocenters. The number of nitrogens with zero attached hydrogens (tertiary/aromatic N) is 8. The first-order valence-corrected chi connectivity index (χ1v) is 16.6. The number of thioether (sulfide) groups is 2. The van der Waals surface area contributed by atoms with Gasteiger partial charge in [0, 0.05) is 36.1 Å². The zero-order valence-electron chi connectivity index (χ0n) is 25.2. The van der Waals surface area contributed by atoms with E-state index in [1.807, 2.05) is 0 Å². The second-order valence-electron chi connectivity index (χ2n) is 10.8. The number of anilines is 1. The van der Waals surface area contributed by atoms with Gasteiger partial charge in [-0.3, -0.25) is 14.5 Å². The van der Waals surface area contributed by atoms with Crippen LogP contribution in [0.4, 0.5) is 9.93 Å². The van der Waals surface area contributed by atoms with E-state index in [9.17, 15) is 29.1 Å². The minimum atomic E-state index is -1.34. The number of aryl methyl sites for hydroxylation is 1. The number of carbonyl (C=O) groups is 5. The number of unbranched alkanes of at least 4 members (excludes halogenated alkanes) is 1. The number of aromatic nitrogens is 6. The fraction of sp³-hybridized carbons (Fsp3) is 0.542. The average Bonchev–Trinajstić information content (AvgIpc) is 3.63. The summed E-state index contributed by atoms with van der Waals surface area (Å²) in [6.07, 6.45) is 0.788. The summed E-state index contributed by atoms with van der Waals surface area (Å²) >= 11 is 3.22. The minimum Gasteiger partial charge on any atom is -0.479 e. The Kier molecular flexibility index (Phi) is 11.6. The highest BCUT2D eigenvalue weighted by Gasteiger charge is 2.54. The SMILES string of the molecule is CC(C)(C)OC(=O)NCCCCn1nnnc1SCC1=C(C(=O)O)N2C(=O)C(NC(=O)/C(=N\OCC(=O)O)c3nsc(N)n3)[C@H]2SC1. The molecule has 0 bridgehead atoms. The van der Waals surface area contributed by atoms with Crippen LogP contribution in [0.3, 0.4) is 0 Å². The molecule has 0 radical (unpaired) electrons. The van der Waals surface area contributed by atoms with Crippen LogP contribution in [0.1, 0.15) is 39.4 Å². The Hall–Kier alpha value is -4.51. The Balaban J connectivity index is 1.35. The van der Waals surface area contributed by atoms with Crippen LogP contribution >= 0.6 is 35.1 Å². The van der Waals surface area contributed by atoms with E-state index in [2.05, 4.69) is 45.5 Å². The van der Waals surface area contributed by atoms with Gasteiger partial charge in [0.05, 0.1) is 0 Å². The maximum absolute atomic E-state index is 13.2. The summed E-state index contributed by atoms with van der Waals surface area (Å²) < 4.78 is 10.7. The van der Waals surface area contributed by atoms with Crippen LogP contribution in [0.25, 0.3) is 0 Å². The number of alkyl carbamates (subject to hydrolysis) is 1. The van der Waals surface area contributed by atoms with Crippen molar-refractivity contribution in [3.8, 4) is 0 Å². The third kappa shape index (κ3) is 9.28. The summed E-state index contributed by atoms with van der Waals surface area (Å²) in [6, 6.07) is -1.12. The summed E-state index contributed by atoms with van der Waals surface area (Å²) in [6.45, 7) is 5.34. The molecule has 4 heterocycles. The lowest BCUT2D eigenvalue weighted by molar-refractivity contribution is -0.150. The van der Waals surface area contributed by atoms with E-state index in [0.29, 0.717) is 36.7 Å². The highest BCUT2D eigenvalue weighted by molar-refractivity contribution is 8.01. The molecule has 1 saturated heterocycles. The number of nitrogens with two attached hydrogens (primary N) is 1. The molecule has 47 heavy (non-hydrogen) atoms. The van der Waals surface area contributed by atoms with Crippen molar-refractivity contribution in [2.24, 2.45) is 5.16 Å². The van der Waals surface area contributed by atoms with Gasteiger partial charge in [-0.1, -0.05) is 16.9 Å². The van der Waals surface area contributed by atoms with Crippen molar-refractivity contribution in [3.05, 3.63) is 17.1 Å². The maximum Gasteiger partial charge on any atom is 0.407 e. The molecule has 1 fully saturated rings. The lowest BCUT2D eigenvalue weighted by atomic mass is 10.0. The van der Waals surface area contributed by atoms with Crippen molar-refractivity contribution < 1.29 is 43.8 Å². The Morgan fingerprint density at radius 1 is 1.21 bits per heavy atom. The largest absolute Gasteiger partial charge is 0.479 e. The number of carbonyl (C=O) groups excluding carboxylic acids is 3. The molecule has 2 aromatic rings. The van der Waals surface area contributed by atoms with Crippen molar-refractivity contribution in [3.63, 3.8) is 0 Å². The van der Waals surface area contributed by atoms with Gasteiger partial charge in [-0.05, 0) is 49.6 Å². The molecule has 4 rings (SSSR count). The van der Waals surface area contributed by atoms with Gasteiger partial charge in [-0.25, -0.2) is 19.1 Å². The number of oxime groups is 1. The van der Waals surface area contributed by atoms with E-state index in [4.69, 9.17) is 15.6 Å². The topological polar surface area (TPSA) is 279 Å². The predicted octanol–water partition coefficient (Wildman–Crippen LogP) is -0.252. The fourth-order valence-electron chi connectivity index (χ4n) is 4.15. The number of hydrogen-bond donors (Lipinski definition) is 5. The smallest absolute Gasteiger partial charge is 0.407 e. The summed E-state index contributed by atoms with van der Waals surface area (Å²) in [5.41, 5.74) is 4.76. The molecule has 254 valence electrons.